The summed E-state index contributed by atoms with van der Waals surface area (Å²) in [6, 6.07) is 1.85. The normalized spacial score (nSPS) is 18.5. The van der Waals surface area contributed by atoms with E-state index >= 15 is 0 Å². The molecule has 0 radical (unpaired) electrons. The molecule has 176 valence electrons. The molecule has 1 aliphatic heterocycles. The number of carbonyl (C=O) groups is 1. The van der Waals surface area contributed by atoms with Crippen molar-refractivity contribution in [2.24, 2.45) is 5.92 Å². The summed E-state index contributed by atoms with van der Waals surface area (Å²) in [6.07, 6.45) is 5.63. The number of anilines is 1. The SMILES string of the molecule is O=C(Nc1ncc(F)s1)[C@@H](CC1CCOCC1)n1ncc2c(S(=O)(=O)C3CC3)cc(O)cc21. The molecule has 1 saturated heterocycles. The van der Waals surface area contributed by atoms with Crippen LogP contribution in [-0.4, -0.2) is 52.7 Å². The summed E-state index contributed by atoms with van der Waals surface area (Å²) >= 11 is 0.720. The van der Waals surface area contributed by atoms with Crippen LogP contribution in [0, 0.1) is 11.0 Å². The number of halogens is 1. The van der Waals surface area contributed by atoms with Gasteiger partial charge < -0.3 is 15.2 Å². The second-order valence-electron chi connectivity index (χ2n) is 8.48. The van der Waals surface area contributed by atoms with Crippen LogP contribution in [0.4, 0.5) is 9.52 Å². The second kappa shape index (κ2) is 8.65. The van der Waals surface area contributed by atoms with Crippen LogP contribution in [0.15, 0.2) is 29.4 Å². The van der Waals surface area contributed by atoms with E-state index < -0.39 is 32.2 Å². The molecule has 3 heterocycles. The van der Waals surface area contributed by atoms with Gasteiger partial charge in [-0.2, -0.15) is 9.49 Å². The smallest absolute Gasteiger partial charge is 0.251 e. The number of thiazole rings is 1. The molecule has 0 bridgehead atoms. The number of ether oxygens (including phenoxy) is 1. The number of carbonyl (C=O) groups excluding carboxylic acids is 1. The molecular weight excluding hydrogens is 471 g/mol. The highest BCUT2D eigenvalue weighted by atomic mass is 32.2. The van der Waals surface area contributed by atoms with Gasteiger partial charge in [0.15, 0.2) is 20.1 Å². The predicted molar refractivity (Wildman–Crippen MR) is 120 cm³/mol. The summed E-state index contributed by atoms with van der Waals surface area (Å²) in [5.41, 5.74) is 0.353. The quantitative estimate of drug-likeness (QED) is 0.517. The van der Waals surface area contributed by atoms with Crippen molar-refractivity contribution in [1.29, 1.82) is 0 Å². The van der Waals surface area contributed by atoms with Crippen LogP contribution >= 0.6 is 11.3 Å². The molecule has 1 atom stereocenters. The summed E-state index contributed by atoms with van der Waals surface area (Å²) in [5, 5.41) is 16.9. The topological polar surface area (TPSA) is 123 Å². The fourth-order valence-corrected chi connectivity index (χ4v) is 6.67. The number of amides is 1. The number of hydrogen-bond acceptors (Lipinski definition) is 8. The minimum atomic E-state index is -3.60. The molecule has 1 amide bonds. The Labute approximate surface area is 193 Å². The lowest BCUT2D eigenvalue weighted by Gasteiger charge is -2.26. The van der Waals surface area contributed by atoms with E-state index in [9.17, 15) is 22.7 Å². The van der Waals surface area contributed by atoms with Gasteiger partial charge in [-0.25, -0.2) is 13.4 Å². The molecule has 1 aliphatic carbocycles. The molecule has 12 heteroatoms. The maximum atomic E-state index is 13.4. The van der Waals surface area contributed by atoms with Gasteiger partial charge in [-0.15, -0.1) is 0 Å². The van der Waals surface area contributed by atoms with Gasteiger partial charge >= 0.3 is 0 Å². The van der Waals surface area contributed by atoms with Gasteiger partial charge in [0.2, 0.25) is 0 Å². The lowest BCUT2D eigenvalue weighted by atomic mass is 9.92. The molecule has 1 aromatic carbocycles. The molecule has 3 aromatic rings. The summed E-state index contributed by atoms with van der Waals surface area (Å²) in [7, 11) is -3.60. The Hall–Kier alpha value is -2.57. The Morgan fingerprint density at radius 2 is 2.03 bits per heavy atom. The van der Waals surface area contributed by atoms with Crippen LogP contribution in [0.2, 0.25) is 0 Å². The van der Waals surface area contributed by atoms with Gasteiger partial charge in [0, 0.05) is 24.7 Å². The summed E-state index contributed by atoms with van der Waals surface area (Å²) < 4.78 is 46.2. The molecule has 0 unspecified atom stereocenters. The van der Waals surface area contributed by atoms with E-state index in [4.69, 9.17) is 4.74 Å². The molecule has 5 rings (SSSR count). The number of rotatable bonds is 7. The zero-order valence-electron chi connectivity index (χ0n) is 17.6. The lowest BCUT2D eigenvalue weighted by Crippen LogP contribution is -2.30. The number of nitrogens with one attached hydrogen (secondary N) is 1. The maximum Gasteiger partial charge on any atom is 0.251 e. The van der Waals surface area contributed by atoms with Crippen molar-refractivity contribution in [3.63, 3.8) is 0 Å². The lowest BCUT2D eigenvalue weighted by molar-refractivity contribution is -0.120. The Bertz CT molecular complexity index is 1300. The molecule has 2 N–H and O–H groups in total. The minimum Gasteiger partial charge on any atom is -0.508 e. The van der Waals surface area contributed by atoms with Crippen molar-refractivity contribution in [1.82, 2.24) is 14.8 Å². The first-order chi connectivity index (χ1) is 15.8. The van der Waals surface area contributed by atoms with E-state index in [0.29, 0.717) is 43.4 Å². The first-order valence-corrected chi connectivity index (χ1v) is 13.1. The van der Waals surface area contributed by atoms with Gasteiger partial charge in [0.05, 0.1) is 28.1 Å². The van der Waals surface area contributed by atoms with E-state index in [2.05, 4.69) is 15.4 Å². The fraction of sp³-hybridized carbons (Fsp3) is 0.476. The zero-order chi connectivity index (χ0) is 23.2. The van der Waals surface area contributed by atoms with Gasteiger partial charge in [0.25, 0.3) is 5.91 Å². The zero-order valence-corrected chi connectivity index (χ0v) is 19.2. The van der Waals surface area contributed by atoms with Gasteiger partial charge in [-0.3, -0.25) is 9.48 Å². The highest BCUT2D eigenvalue weighted by Crippen LogP contribution is 2.39. The van der Waals surface area contributed by atoms with Crippen LogP contribution in [0.5, 0.6) is 5.75 Å². The monoisotopic (exact) mass is 494 g/mol. The molecule has 9 nitrogen and oxygen atoms in total. The highest BCUT2D eigenvalue weighted by Gasteiger charge is 2.39. The van der Waals surface area contributed by atoms with Crippen molar-refractivity contribution in [3.8, 4) is 5.75 Å². The number of fused-ring (bicyclic) bond motifs is 1. The van der Waals surface area contributed by atoms with E-state index in [1.165, 1.54) is 23.0 Å². The van der Waals surface area contributed by atoms with Crippen molar-refractivity contribution in [3.05, 3.63) is 29.7 Å². The second-order valence-corrected chi connectivity index (χ2v) is 11.7. The number of aromatic nitrogens is 3. The number of aromatic hydroxyl groups is 1. The van der Waals surface area contributed by atoms with Crippen LogP contribution in [-0.2, 0) is 19.4 Å². The number of sulfone groups is 1. The van der Waals surface area contributed by atoms with Crippen molar-refractivity contribution in [2.45, 2.75) is 48.3 Å². The van der Waals surface area contributed by atoms with Crippen LogP contribution in [0.1, 0.15) is 38.1 Å². The Balaban J connectivity index is 1.55. The third kappa shape index (κ3) is 4.46. The van der Waals surface area contributed by atoms with Gasteiger partial charge in [-0.1, -0.05) is 11.3 Å². The average molecular weight is 495 g/mol. The number of nitrogens with zero attached hydrogens (tertiary/aromatic N) is 3. The van der Waals surface area contributed by atoms with E-state index in [1.54, 1.807) is 0 Å². The Morgan fingerprint density at radius 1 is 1.27 bits per heavy atom. The first-order valence-electron chi connectivity index (χ1n) is 10.8. The van der Waals surface area contributed by atoms with Crippen molar-refractivity contribution >= 4 is 43.1 Å². The number of benzene rings is 1. The van der Waals surface area contributed by atoms with E-state index in [0.717, 1.165) is 30.4 Å². The third-order valence-electron chi connectivity index (χ3n) is 6.14. The summed E-state index contributed by atoms with van der Waals surface area (Å²) in [4.78, 5) is 17.2. The first kappa shape index (κ1) is 22.2. The molecule has 2 aromatic heterocycles. The standard InChI is InChI=1S/C21H23FN4O5S2/c22-19-11-23-21(32-19)25-20(28)17(7-12-3-5-31-6-4-12)26-16-8-13(27)9-18(15(16)10-24-26)33(29,30)14-1-2-14/h8-12,14,17,27H,1-7H2,(H,23,25,28)/t17-/m1/s1. The summed E-state index contributed by atoms with van der Waals surface area (Å²) in [5.74, 6) is -0.458. The molecule has 1 saturated carbocycles. The Kier molecular flexibility index (Phi) is 5.83. The van der Waals surface area contributed by atoms with Crippen LogP contribution in [0.3, 0.4) is 0 Å². The maximum absolute atomic E-state index is 13.4. The molecule has 2 aliphatic rings. The third-order valence-corrected chi connectivity index (χ3v) is 9.14. The van der Waals surface area contributed by atoms with E-state index in [-0.39, 0.29) is 21.7 Å². The van der Waals surface area contributed by atoms with Crippen LogP contribution < -0.4 is 5.32 Å². The minimum absolute atomic E-state index is 0.0264. The van der Waals surface area contributed by atoms with E-state index in [1.807, 2.05) is 0 Å². The summed E-state index contributed by atoms with van der Waals surface area (Å²) in [6.45, 7) is 1.20. The highest BCUT2D eigenvalue weighted by molar-refractivity contribution is 7.92. The average Bonchev–Trinajstić information content (AvgIpc) is 3.47. The van der Waals surface area contributed by atoms with Crippen molar-refractivity contribution in [2.75, 3.05) is 18.5 Å². The van der Waals surface area contributed by atoms with Gasteiger partial charge in [-0.05, 0) is 44.1 Å². The predicted octanol–water partition coefficient (Wildman–Crippen LogP) is 3.27. The Morgan fingerprint density at radius 3 is 2.70 bits per heavy atom. The fourth-order valence-electron chi connectivity index (χ4n) is 4.26. The molecule has 33 heavy (non-hydrogen) atoms. The van der Waals surface area contributed by atoms with Gasteiger partial charge in [0.1, 0.15) is 11.8 Å². The largest absolute Gasteiger partial charge is 0.508 e. The molecule has 0 spiro atoms. The van der Waals surface area contributed by atoms with Crippen molar-refractivity contribution < 1.29 is 27.4 Å². The molecule has 2 fully saturated rings. The van der Waals surface area contributed by atoms with Crippen LogP contribution in [0.25, 0.3) is 10.9 Å². The number of phenolic OH excluding ortho intramolecular Hbond substituents is 1. The number of phenols is 1. The molecular formula is C21H23FN4O5S2. The number of hydrogen-bond donors (Lipinski definition) is 2.